The first-order chi connectivity index (χ1) is 14.4. The first kappa shape index (κ1) is 21.2. The topological polar surface area (TPSA) is 94.4 Å². The number of hydrogen-bond donors (Lipinski definition) is 2. The fourth-order valence-corrected chi connectivity index (χ4v) is 3.44. The minimum absolute atomic E-state index is 0.115. The monoisotopic (exact) mass is 410 g/mol. The van der Waals surface area contributed by atoms with Crippen LogP contribution in [0.1, 0.15) is 26.7 Å². The molecule has 2 N–H and O–H groups in total. The first-order valence-electron chi connectivity index (χ1n) is 9.88. The Hall–Kier alpha value is -3.55. The summed E-state index contributed by atoms with van der Waals surface area (Å²) in [4.78, 5) is 36.7. The van der Waals surface area contributed by atoms with E-state index in [0.717, 1.165) is 17.5 Å². The quantitative estimate of drug-likeness (QED) is 0.596. The van der Waals surface area contributed by atoms with E-state index in [1.807, 2.05) is 31.2 Å². The normalized spacial score (nSPS) is 10.8. The standard InChI is InChI=1S/C22H26N4O4/c1-4-12-25-18-7-5-6-8-19(18)26(22(25)29)13-11-21(28)24-17-14-16(23-15(2)27)9-10-20(17)30-3/h5-10,14H,4,11-13H2,1-3H3,(H,23,27)(H,24,28). The van der Waals surface area contributed by atoms with Crippen molar-refractivity contribution in [1.29, 1.82) is 0 Å². The lowest BCUT2D eigenvalue weighted by Gasteiger charge is -2.12. The van der Waals surface area contributed by atoms with Gasteiger partial charge in [-0.05, 0) is 36.8 Å². The summed E-state index contributed by atoms with van der Waals surface area (Å²) in [5.74, 6) is 0.0157. The van der Waals surface area contributed by atoms with Crippen molar-refractivity contribution in [3.63, 3.8) is 0 Å². The van der Waals surface area contributed by atoms with Crippen LogP contribution in [0.25, 0.3) is 11.0 Å². The Balaban J connectivity index is 1.78. The molecule has 3 rings (SSSR count). The first-order valence-corrected chi connectivity index (χ1v) is 9.88. The second-order valence-electron chi connectivity index (χ2n) is 6.97. The van der Waals surface area contributed by atoms with Gasteiger partial charge in [0.15, 0.2) is 0 Å². The average molecular weight is 410 g/mol. The molecule has 158 valence electrons. The minimum atomic E-state index is -0.257. The molecule has 0 saturated heterocycles. The molecule has 8 nitrogen and oxygen atoms in total. The fraction of sp³-hybridized carbons (Fsp3) is 0.318. The molecule has 0 unspecified atom stereocenters. The second kappa shape index (κ2) is 9.30. The number of nitrogens with zero attached hydrogens (tertiary/aromatic N) is 2. The molecule has 0 fully saturated rings. The Morgan fingerprint density at radius 1 is 1.00 bits per heavy atom. The zero-order valence-corrected chi connectivity index (χ0v) is 17.4. The number of aryl methyl sites for hydroxylation is 2. The molecule has 0 aliphatic carbocycles. The van der Waals surface area contributed by atoms with Crippen molar-refractivity contribution in [3.8, 4) is 5.75 Å². The third-order valence-corrected chi connectivity index (χ3v) is 4.73. The number of hydrogen-bond acceptors (Lipinski definition) is 4. The number of carbonyl (C=O) groups excluding carboxylic acids is 2. The van der Waals surface area contributed by atoms with E-state index in [1.54, 1.807) is 27.3 Å². The van der Waals surface area contributed by atoms with Gasteiger partial charge in [0.2, 0.25) is 11.8 Å². The summed E-state index contributed by atoms with van der Waals surface area (Å²) < 4.78 is 8.67. The van der Waals surface area contributed by atoms with E-state index in [-0.39, 0.29) is 30.5 Å². The summed E-state index contributed by atoms with van der Waals surface area (Å²) in [5, 5.41) is 5.48. The lowest BCUT2D eigenvalue weighted by molar-refractivity contribution is -0.116. The van der Waals surface area contributed by atoms with Gasteiger partial charge in [-0.25, -0.2) is 4.79 Å². The van der Waals surface area contributed by atoms with Gasteiger partial charge in [0, 0.05) is 32.1 Å². The maximum atomic E-state index is 12.8. The van der Waals surface area contributed by atoms with E-state index in [2.05, 4.69) is 10.6 Å². The maximum absolute atomic E-state index is 12.8. The molecule has 8 heteroatoms. The van der Waals surface area contributed by atoms with E-state index in [1.165, 1.54) is 14.0 Å². The Morgan fingerprint density at radius 3 is 2.27 bits per heavy atom. The van der Waals surface area contributed by atoms with Crippen molar-refractivity contribution < 1.29 is 14.3 Å². The average Bonchev–Trinajstić information content (AvgIpc) is 2.98. The highest BCUT2D eigenvalue weighted by molar-refractivity contribution is 5.95. The van der Waals surface area contributed by atoms with Gasteiger partial charge < -0.3 is 15.4 Å². The van der Waals surface area contributed by atoms with Crippen LogP contribution in [0.4, 0.5) is 11.4 Å². The molecule has 0 radical (unpaired) electrons. The molecular weight excluding hydrogens is 384 g/mol. The Kier molecular flexibility index (Phi) is 6.56. The van der Waals surface area contributed by atoms with Gasteiger partial charge in [0.05, 0.1) is 23.8 Å². The molecule has 0 spiro atoms. The van der Waals surface area contributed by atoms with Crippen LogP contribution >= 0.6 is 0 Å². The Labute approximate surface area is 174 Å². The summed E-state index contributed by atoms with van der Waals surface area (Å²) in [6.07, 6.45) is 0.965. The minimum Gasteiger partial charge on any atom is -0.495 e. The third kappa shape index (κ3) is 4.53. The van der Waals surface area contributed by atoms with Gasteiger partial charge in [-0.2, -0.15) is 0 Å². The van der Waals surface area contributed by atoms with E-state index >= 15 is 0 Å². The number of amides is 2. The molecule has 0 saturated carbocycles. The molecule has 1 heterocycles. The van der Waals surface area contributed by atoms with Gasteiger partial charge in [-0.1, -0.05) is 19.1 Å². The van der Waals surface area contributed by atoms with Gasteiger partial charge in [0.1, 0.15) is 5.75 Å². The highest BCUT2D eigenvalue weighted by Crippen LogP contribution is 2.28. The van der Waals surface area contributed by atoms with Gasteiger partial charge in [-0.15, -0.1) is 0 Å². The van der Waals surface area contributed by atoms with E-state index in [0.29, 0.717) is 23.7 Å². The van der Waals surface area contributed by atoms with Crippen LogP contribution in [0.3, 0.4) is 0 Å². The van der Waals surface area contributed by atoms with Gasteiger partial charge in [0.25, 0.3) is 0 Å². The second-order valence-corrected chi connectivity index (χ2v) is 6.97. The number of fused-ring (bicyclic) bond motifs is 1. The molecule has 1 aromatic heterocycles. The number of para-hydroxylation sites is 2. The molecule has 3 aromatic rings. The predicted molar refractivity (Wildman–Crippen MR) is 117 cm³/mol. The van der Waals surface area contributed by atoms with Gasteiger partial charge in [-0.3, -0.25) is 18.7 Å². The number of anilines is 2. The van der Waals surface area contributed by atoms with Crippen molar-refractivity contribution in [2.75, 3.05) is 17.7 Å². The number of methoxy groups -OCH3 is 1. The van der Waals surface area contributed by atoms with Crippen LogP contribution in [0, 0.1) is 0 Å². The molecule has 30 heavy (non-hydrogen) atoms. The van der Waals surface area contributed by atoms with E-state index in [9.17, 15) is 14.4 Å². The van der Waals surface area contributed by atoms with Gasteiger partial charge >= 0.3 is 5.69 Å². The summed E-state index contributed by atoms with van der Waals surface area (Å²) >= 11 is 0. The predicted octanol–water partition coefficient (Wildman–Crippen LogP) is 3.21. The molecule has 0 aliphatic heterocycles. The zero-order valence-electron chi connectivity index (χ0n) is 17.4. The number of aromatic nitrogens is 2. The Morgan fingerprint density at radius 2 is 1.67 bits per heavy atom. The van der Waals surface area contributed by atoms with Crippen LogP contribution in [-0.2, 0) is 22.7 Å². The SMILES string of the molecule is CCCn1c(=O)n(CCC(=O)Nc2cc(NC(C)=O)ccc2OC)c2ccccc21. The number of imidazole rings is 1. The fourth-order valence-electron chi connectivity index (χ4n) is 3.44. The van der Waals surface area contributed by atoms with Crippen molar-refractivity contribution in [3.05, 3.63) is 52.9 Å². The van der Waals surface area contributed by atoms with Crippen LogP contribution in [0.15, 0.2) is 47.3 Å². The molecule has 2 amide bonds. The van der Waals surface area contributed by atoms with E-state index in [4.69, 9.17) is 4.74 Å². The zero-order chi connectivity index (χ0) is 21.7. The highest BCUT2D eigenvalue weighted by Gasteiger charge is 2.14. The van der Waals surface area contributed by atoms with Crippen molar-refractivity contribution in [2.45, 2.75) is 39.8 Å². The molecule has 0 bridgehead atoms. The molecular formula is C22H26N4O4. The van der Waals surface area contributed by atoms with Crippen LogP contribution < -0.4 is 21.1 Å². The van der Waals surface area contributed by atoms with Crippen LogP contribution in [-0.4, -0.2) is 28.1 Å². The molecule has 2 aromatic carbocycles. The number of carbonyl (C=O) groups is 2. The number of rotatable bonds is 8. The smallest absolute Gasteiger partial charge is 0.329 e. The van der Waals surface area contributed by atoms with Crippen molar-refractivity contribution in [2.24, 2.45) is 0 Å². The summed E-state index contributed by atoms with van der Waals surface area (Å²) in [5.41, 5.74) is 2.58. The van der Waals surface area contributed by atoms with Crippen molar-refractivity contribution >= 4 is 34.2 Å². The number of benzene rings is 2. The lowest BCUT2D eigenvalue weighted by Crippen LogP contribution is -2.26. The number of ether oxygens (including phenoxy) is 1. The molecule has 0 aliphatic rings. The van der Waals surface area contributed by atoms with Crippen LogP contribution in [0.2, 0.25) is 0 Å². The summed E-state index contributed by atoms with van der Waals surface area (Å²) in [6.45, 7) is 4.32. The van der Waals surface area contributed by atoms with E-state index < -0.39 is 0 Å². The Bertz CT molecular complexity index is 1130. The maximum Gasteiger partial charge on any atom is 0.329 e. The largest absolute Gasteiger partial charge is 0.495 e. The summed E-state index contributed by atoms with van der Waals surface area (Å²) in [7, 11) is 1.51. The highest BCUT2D eigenvalue weighted by atomic mass is 16.5. The third-order valence-electron chi connectivity index (χ3n) is 4.73. The van der Waals surface area contributed by atoms with Crippen molar-refractivity contribution in [1.82, 2.24) is 9.13 Å². The number of nitrogens with one attached hydrogen (secondary N) is 2. The lowest BCUT2D eigenvalue weighted by atomic mass is 10.2. The molecule has 0 atom stereocenters. The summed E-state index contributed by atoms with van der Waals surface area (Å²) in [6, 6.07) is 12.6. The van der Waals surface area contributed by atoms with Crippen LogP contribution in [0.5, 0.6) is 5.75 Å².